The van der Waals surface area contributed by atoms with Gasteiger partial charge >= 0.3 is 5.97 Å². The maximum Gasteiger partial charge on any atom is 0.326 e. The molecule has 9 heteroatoms. The number of carbonyl (C=O) groups is 3. The summed E-state index contributed by atoms with van der Waals surface area (Å²) >= 11 is 6.20. The van der Waals surface area contributed by atoms with E-state index in [2.05, 4.69) is 0 Å². The third-order valence-corrected chi connectivity index (χ3v) is 5.52. The van der Waals surface area contributed by atoms with Gasteiger partial charge in [0.2, 0.25) is 0 Å². The van der Waals surface area contributed by atoms with Crippen LogP contribution >= 0.6 is 11.6 Å². The summed E-state index contributed by atoms with van der Waals surface area (Å²) in [6.45, 7) is 0.0280. The standard InChI is InChI=1S/C18H21ClN2O6/c1-26-13-6-10(5-12(19)16(13)27-8-14(20)22)17(23)21-7-9-3-2-4-11(9)15(21)18(24)25/h5-6,9,11,15H,2-4,7-8H2,1H3,(H2,20,22)(H,24,25). The molecular weight excluding hydrogens is 376 g/mol. The van der Waals surface area contributed by atoms with Crippen molar-refractivity contribution in [3.05, 3.63) is 22.7 Å². The Kier molecular flexibility index (Phi) is 5.46. The highest BCUT2D eigenvalue weighted by molar-refractivity contribution is 6.32. The van der Waals surface area contributed by atoms with Crippen molar-refractivity contribution in [1.29, 1.82) is 0 Å². The number of carbonyl (C=O) groups excluding carboxylic acids is 2. The van der Waals surface area contributed by atoms with Crippen LogP contribution in [0.3, 0.4) is 0 Å². The fraction of sp³-hybridized carbons (Fsp3) is 0.500. The van der Waals surface area contributed by atoms with Crippen molar-refractivity contribution in [3.8, 4) is 11.5 Å². The first-order valence-corrected chi connectivity index (χ1v) is 9.03. The number of hydrogen-bond donors (Lipinski definition) is 2. The Labute approximate surface area is 161 Å². The molecule has 146 valence electrons. The van der Waals surface area contributed by atoms with Crippen LogP contribution in [0.2, 0.25) is 5.02 Å². The summed E-state index contributed by atoms with van der Waals surface area (Å²) in [6.07, 6.45) is 2.74. The average Bonchev–Trinajstić information content (AvgIpc) is 3.19. The van der Waals surface area contributed by atoms with Gasteiger partial charge in [0.25, 0.3) is 11.8 Å². The van der Waals surface area contributed by atoms with Gasteiger partial charge in [-0.25, -0.2) is 4.79 Å². The third kappa shape index (κ3) is 3.66. The minimum absolute atomic E-state index is 0.0120. The first kappa shape index (κ1) is 19.3. The van der Waals surface area contributed by atoms with Gasteiger partial charge in [0.05, 0.1) is 12.1 Å². The molecule has 0 aromatic heterocycles. The highest BCUT2D eigenvalue weighted by atomic mass is 35.5. The van der Waals surface area contributed by atoms with Crippen LogP contribution in [-0.2, 0) is 9.59 Å². The molecule has 0 spiro atoms. The van der Waals surface area contributed by atoms with Gasteiger partial charge < -0.3 is 25.2 Å². The van der Waals surface area contributed by atoms with Crippen LogP contribution in [0.4, 0.5) is 0 Å². The van der Waals surface area contributed by atoms with Gasteiger partial charge in [-0.15, -0.1) is 0 Å². The van der Waals surface area contributed by atoms with Crippen molar-refractivity contribution in [2.24, 2.45) is 17.6 Å². The zero-order chi connectivity index (χ0) is 19.7. The number of methoxy groups -OCH3 is 1. The largest absolute Gasteiger partial charge is 0.493 e. The topological polar surface area (TPSA) is 119 Å². The summed E-state index contributed by atoms with van der Waals surface area (Å²) < 4.78 is 10.5. The second-order valence-corrected chi connectivity index (χ2v) is 7.25. The summed E-state index contributed by atoms with van der Waals surface area (Å²) in [5.41, 5.74) is 5.27. The number of carboxylic acid groups (broad SMARTS) is 1. The number of halogens is 1. The van der Waals surface area contributed by atoms with E-state index in [4.69, 9.17) is 26.8 Å². The minimum Gasteiger partial charge on any atom is -0.493 e. The molecule has 3 unspecified atom stereocenters. The highest BCUT2D eigenvalue weighted by Crippen LogP contribution is 2.43. The van der Waals surface area contributed by atoms with Gasteiger partial charge in [0.1, 0.15) is 6.04 Å². The van der Waals surface area contributed by atoms with Crippen LogP contribution in [0.5, 0.6) is 11.5 Å². The number of nitrogens with zero attached hydrogens (tertiary/aromatic N) is 1. The van der Waals surface area contributed by atoms with Crippen LogP contribution in [0.1, 0.15) is 29.6 Å². The van der Waals surface area contributed by atoms with Crippen molar-refractivity contribution in [2.75, 3.05) is 20.3 Å². The lowest BCUT2D eigenvalue weighted by Gasteiger charge is -2.25. The van der Waals surface area contributed by atoms with E-state index >= 15 is 0 Å². The van der Waals surface area contributed by atoms with Crippen molar-refractivity contribution >= 4 is 29.4 Å². The maximum absolute atomic E-state index is 13.0. The molecule has 3 N–H and O–H groups in total. The number of aliphatic carboxylic acids is 1. The molecular formula is C18H21ClN2O6. The van der Waals surface area contributed by atoms with Crippen LogP contribution in [-0.4, -0.2) is 54.1 Å². The molecule has 1 aliphatic carbocycles. The Morgan fingerprint density at radius 1 is 1.33 bits per heavy atom. The Bertz CT molecular complexity index is 783. The number of amides is 2. The molecule has 2 aliphatic rings. The number of hydrogen-bond acceptors (Lipinski definition) is 5. The molecule has 1 aromatic rings. The number of nitrogens with two attached hydrogens (primary N) is 1. The lowest BCUT2D eigenvalue weighted by atomic mass is 9.94. The van der Waals surface area contributed by atoms with E-state index in [-0.39, 0.29) is 40.5 Å². The highest BCUT2D eigenvalue weighted by Gasteiger charge is 2.49. The number of rotatable bonds is 6. The van der Waals surface area contributed by atoms with E-state index in [9.17, 15) is 19.5 Å². The molecule has 8 nitrogen and oxygen atoms in total. The lowest BCUT2D eigenvalue weighted by Crippen LogP contribution is -2.43. The molecule has 27 heavy (non-hydrogen) atoms. The number of ether oxygens (including phenoxy) is 2. The molecule has 3 atom stereocenters. The quantitative estimate of drug-likeness (QED) is 0.752. The predicted molar refractivity (Wildman–Crippen MR) is 96.0 cm³/mol. The van der Waals surface area contributed by atoms with Crippen molar-refractivity contribution in [2.45, 2.75) is 25.3 Å². The second-order valence-electron chi connectivity index (χ2n) is 6.84. The van der Waals surface area contributed by atoms with Crippen LogP contribution in [0.15, 0.2) is 12.1 Å². The van der Waals surface area contributed by atoms with Gasteiger partial charge in [-0.3, -0.25) is 9.59 Å². The fourth-order valence-electron chi connectivity index (χ4n) is 4.12. The molecule has 2 amide bonds. The molecule has 3 rings (SSSR count). The van der Waals surface area contributed by atoms with E-state index in [1.165, 1.54) is 24.1 Å². The van der Waals surface area contributed by atoms with Gasteiger partial charge in [-0.05, 0) is 36.8 Å². The summed E-state index contributed by atoms with van der Waals surface area (Å²) in [5, 5.41) is 9.71. The summed E-state index contributed by atoms with van der Waals surface area (Å²) in [5.74, 6) is -1.62. The van der Waals surface area contributed by atoms with E-state index in [0.29, 0.717) is 6.54 Å². The Morgan fingerprint density at radius 3 is 2.70 bits per heavy atom. The molecule has 2 fully saturated rings. The van der Waals surface area contributed by atoms with E-state index < -0.39 is 23.8 Å². The number of carboxylic acids is 1. The van der Waals surface area contributed by atoms with Crippen molar-refractivity contribution in [1.82, 2.24) is 4.90 Å². The normalized spacial score (nSPS) is 23.8. The third-order valence-electron chi connectivity index (χ3n) is 5.24. The summed E-state index contributed by atoms with van der Waals surface area (Å²) in [6, 6.07) is 1.98. The van der Waals surface area contributed by atoms with E-state index in [1.807, 2.05) is 0 Å². The van der Waals surface area contributed by atoms with Gasteiger partial charge in [-0.1, -0.05) is 18.0 Å². The molecule has 0 bridgehead atoms. The first-order chi connectivity index (χ1) is 12.8. The second kappa shape index (κ2) is 7.64. The minimum atomic E-state index is -0.989. The number of fused-ring (bicyclic) bond motifs is 1. The van der Waals surface area contributed by atoms with Crippen LogP contribution in [0, 0.1) is 11.8 Å². The molecule has 1 aromatic carbocycles. The van der Waals surface area contributed by atoms with Crippen LogP contribution < -0.4 is 15.2 Å². The SMILES string of the molecule is COc1cc(C(=O)N2CC3CCCC3C2C(=O)O)cc(Cl)c1OCC(N)=O. The Balaban J connectivity index is 1.89. The van der Waals surface area contributed by atoms with Crippen molar-refractivity contribution in [3.63, 3.8) is 0 Å². The van der Waals surface area contributed by atoms with Gasteiger partial charge in [0.15, 0.2) is 18.1 Å². The Morgan fingerprint density at radius 2 is 2.07 bits per heavy atom. The zero-order valence-corrected chi connectivity index (χ0v) is 15.6. The first-order valence-electron chi connectivity index (χ1n) is 8.66. The summed E-state index contributed by atoms with van der Waals surface area (Å²) in [7, 11) is 1.37. The molecule has 1 saturated carbocycles. The molecule has 0 radical (unpaired) electrons. The van der Waals surface area contributed by atoms with Gasteiger partial charge in [-0.2, -0.15) is 0 Å². The van der Waals surface area contributed by atoms with Crippen molar-refractivity contribution < 1.29 is 29.0 Å². The molecule has 1 saturated heterocycles. The average molecular weight is 397 g/mol. The maximum atomic E-state index is 13.0. The molecule has 1 aliphatic heterocycles. The van der Waals surface area contributed by atoms with Crippen LogP contribution in [0.25, 0.3) is 0 Å². The number of primary amides is 1. The Hall–Kier alpha value is -2.48. The van der Waals surface area contributed by atoms with E-state index in [1.54, 1.807) is 0 Å². The predicted octanol–water partition coefficient (Wildman–Crippen LogP) is 1.54. The molecule has 1 heterocycles. The zero-order valence-electron chi connectivity index (χ0n) is 14.8. The summed E-state index contributed by atoms with van der Waals surface area (Å²) in [4.78, 5) is 37.1. The smallest absolute Gasteiger partial charge is 0.326 e. The van der Waals surface area contributed by atoms with Gasteiger partial charge in [0, 0.05) is 12.1 Å². The lowest BCUT2D eigenvalue weighted by molar-refractivity contribution is -0.142. The number of likely N-dealkylation sites (tertiary alicyclic amines) is 1. The number of benzene rings is 1. The van der Waals surface area contributed by atoms with E-state index in [0.717, 1.165) is 19.3 Å². The fourth-order valence-corrected chi connectivity index (χ4v) is 4.39. The monoisotopic (exact) mass is 396 g/mol.